The maximum Gasteiger partial charge on any atom is 0.131 e. The van der Waals surface area contributed by atoms with Crippen LogP contribution < -0.4 is 14.8 Å². The van der Waals surface area contributed by atoms with Crippen molar-refractivity contribution in [3.05, 3.63) is 23.8 Å². The molecule has 0 unspecified atom stereocenters. The average molecular weight is 264 g/mol. The molecule has 1 saturated carbocycles. The summed E-state index contributed by atoms with van der Waals surface area (Å²) in [6, 6.07) is 6.85. The SMILES string of the molecule is COc1ccc(C[NH2+][C@@H]2CCCC[C@H]2C)c(OC)c1. The molecule has 1 aliphatic rings. The van der Waals surface area contributed by atoms with E-state index >= 15 is 0 Å². The Labute approximate surface area is 116 Å². The van der Waals surface area contributed by atoms with Crippen molar-refractivity contribution in [1.82, 2.24) is 0 Å². The lowest BCUT2D eigenvalue weighted by Gasteiger charge is -2.26. The van der Waals surface area contributed by atoms with Crippen LogP contribution in [-0.4, -0.2) is 20.3 Å². The van der Waals surface area contributed by atoms with Crippen LogP contribution in [0.1, 0.15) is 38.2 Å². The summed E-state index contributed by atoms with van der Waals surface area (Å²) >= 11 is 0. The van der Waals surface area contributed by atoms with E-state index in [4.69, 9.17) is 9.47 Å². The molecule has 1 aromatic carbocycles. The van der Waals surface area contributed by atoms with Gasteiger partial charge >= 0.3 is 0 Å². The molecule has 3 nitrogen and oxygen atoms in total. The van der Waals surface area contributed by atoms with Crippen LogP contribution in [0.15, 0.2) is 18.2 Å². The standard InChI is InChI=1S/C16H25NO2/c1-12-6-4-5-7-15(12)17-11-13-8-9-14(18-2)10-16(13)19-3/h8-10,12,15,17H,4-7,11H2,1-3H3/p+1/t12-,15-/m1/s1. The molecular formula is C16H26NO2+. The van der Waals surface area contributed by atoms with Gasteiger partial charge in [0, 0.05) is 17.5 Å². The van der Waals surface area contributed by atoms with Crippen molar-refractivity contribution in [1.29, 1.82) is 0 Å². The first-order chi connectivity index (χ1) is 9.24. The minimum Gasteiger partial charge on any atom is -0.497 e. The molecule has 0 saturated heterocycles. The molecule has 106 valence electrons. The minimum atomic E-state index is 0.764. The zero-order valence-electron chi connectivity index (χ0n) is 12.3. The van der Waals surface area contributed by atoms with Crippen molar-refractivity contribution in [2.24, 2.45) is 5.92 Å². The first-order valence-electron chi connectivity index (χ1n) is 7.29. The summed E-state index contributed by atoms with van der Waals surface area (Å²) in [5.74, 6) is 2.61. The van der Waals surface area contributed by atoms with Crippen LogP contribution in [0, 0.1) is 5.92 Å². The Hall–Kier alpha value is -1.22. The Bertz CT molecular complexity index is 406. The molecule has 2 atom stereocenters. The van der Waals surface area contributed by atoms with E-state index in [0.29, 0.717) is 0 Å². The van der Waals surface area contributed by atoms with Gasteiger partial charge < -0.3 is 14.8 Å². The first kappa shape index (κ1) is 14.2. The molecule has 0 radical (unpaired) electrons. The average Bonchev–Trinajstić information content (AvgIpc) is 2.46. The summed E-state index contributed by atoms with van der Waals surface area (Å²) in [7, 11) is 3.41. The smallest absolute Gasteiger partial charge is 0.131 e. The molecule has 1 aliphatic carbocycles. The highest BCUT2D eigenvalue weighted by molar-refractivity contribution is 5.40. The molecule has 1 aromatic rings. The van der Waals surface area contributed by atoms with Gasteiger partial charge in [-0.15, -0.1) is 0 Å². The second kappa shape index (κ2) is 6.80. The maximum atomic E-state index is 5.45. The molecule has 1 fully saturated rings. The van der Waals surface area contributed by atoms with E-state index in [2.05, 4.69) is 18.3 Å². The van der Waals surface area contributed by atoms with Gasteiger partial charge in [-0.3, -0.25) is 0 Å². The third kappa shape index (κ3) is 3.63. The van der Waals surface area contributed by atoms with Crippen molar-refractivity contribution in [2.45, 2.75) is 45.2 Å². The largest absolute Gasteiger partial charge is 0.497 e. The number of quaternary nitrogens is 1. The summed E-state index contributed by atoms with van der Waals surface area (Å²) in [4.78, 5) is 0. The summed E-state index contributed by atoms with van der Waals surface area (Å²) in [5, 5.41) is 2.48. The second-order valence-electron chi connectivity index (χ2n) is 5.54. The van der Waals surface area contributed by atoms with Gasteiger partial charge in [0.15, 0.2) is 0 Å². The van der Waals surface area contributed by atoms with E-state index in [1.165, 1.54) is 31.2 Å². The highest BCUT2D eigenvalue weighted by Gasteiger charge is 2.24. The molecule has 0 spiro atoms. The summed E-state index contributed by atoms with van der Waals surface area (Å²) in [6.07, 6.45) is 5.50. The highest BCUT2D eigenvalue weighted by atomic mass is 16.5. The van der Waals surface area contributed by atoms with E-state index in [9.17, 15) is 0 Å². The van der Waals surface area contributed by atoms with E-state index in [1.807, 2.05) is 12.1 Å². The van der Waals surface area contributed by atoms with Crippen molar-refractivity contribution < 1.29 is 14.8 Å². The van der Waals surface area contributed by atoms with Crippen molar-refractivity contribution in [3.63, 3.8) is 0 Å². The van der Waals surface area contributed by atoms with Gasteiger partial charge in [-0.1, -0.05) is 13.3 Å². The van der Waals surface area contributed by atoms with Gasteiger partial charge in [0.1, 0.15) is 18.0 Å². The summed E-state index contributed by atoms with van der Waals surface area (Å²) < 4.78 is 10.7. The van der Waals surface area contributed by atoms with Gasteiger partial charge in [0.05, 0.1) is 20.3 Å². The van der Waals surface area contributed by atoms with E-state index in [1.54, 1.807) is 14.2 Å². The molecule has 19 heavy (non-hydrogen) atoms. The molecule has 2 N–H and O–H groups in total. The lowest BCUT2D eigenvalue weighted by molar-refractivity contribution is -0.712. The summed E-state index contributed by atoms with van der Waals surface area (Å²) in [6.45, 7) is 3.37. The number of rotatable bonds is 5. The number of methoxy groups -OCH3 is 2. The molecule has 2 rings (SSSR count). The third-order valence-electron chi connectivity index (χ3n) is 4.31. The zero-order valence-corrected chi connectivity index (χ0v) is 12.3. The number of hydrogen-bond acceptors (Lipinski definition) is 2. The predicted octanol–water partition coefficient (Wildman–Crippen LogP) is 2.35. The Morgan fingerprint density at radius 2 is 1.95 bits per heavy atom. The Morgan fingerprint density at radius 3 is 2.63 bits per heavy atom. The predicted molar refractivity (Wildman–Crippen MR) is 76.6 cm³/mol. The fourth-order valence-corrected chi connectivity index (χ4v) is 2.99. The van der Waals surface area contributed by atoms with Crippen LogP contribution in [0.25, 0.3) is 0 Å². The van der Waals surface area contributed by atoms with E-state index in [0.717, 1.165) is 30.0 Å². The Morgan fingerprint density at radius 1 is 1.16 bits per heavy atom. The molecule has 3 heteroatoms. The van der Waals surface area contributed by atoms with E-state index in [-0.39, 0.29) is 0 Å². The van der Waals surface area contributed by atoms with Crippen LogP contribution in [0.2, 0.25) is 0 Å². The number of ether oxygens (including phenoxy) is 2. The van der Waals surface area contributed by atoms with Crippen LogP contribution >= 0.6 is 0 Å². The third-order valence-corrected chi connectivity index (χ3v) is 4.31. The first-order valence-corrected chi connectivity index (χ1v) is 7.29. The number of benzene rings is 1. The minimum absolute atomic E-state index is 0.764. The van der Waals surface area contributed by atoms with Crippen molar-refractivity contribution in [2.75, 3.05) is 14.2 Å². The van der Waals surface area contributed by atoms with Crippen molar-refractivity contribution in [3.8, 4) is 11.5 Å². The Kier molecular flexibility index (Phi) is 5.08. The van der Waals surface area contributed by atoms with Gasteiger partial charge in [-0.25, -0.2) is 0 Å². The number of hydrogen-bond donors (Lipinski definition) is 1. The molecule has 0 amide bonds. The van der Waals surface area contributed by atoms with Gasteiger partial charge in [0.25, 0.3) is 0 Å². The molecule has 0 heterocycles. The van der Waals surface area contributed by atoms with E-state index < -0.39 is 0 Å². The van der Waals surface area contributed by atoms with Crippen LogP contribution in [0.4, 0.5) is 0 Å². The quantitative estimate of drug-likeness (QED) is 0.886. The topological polar surface area (TPSA) is 35.1 Å². The van der Waals surface area contributed by atoms with Gasteiger partial charge in [0.2, 0.25) is 0 Å². The lowest BCUT2D eigenvalue weighted by Crippen LogP contribution is -2.90. The lowest BCUT2D eigenvalue weighted by atomic mass is 9.86. The van der Waals surface area contributed by atoms with Crippen LogP contribution in [0.3, 0.4) is 0 Å². The number of nitrogens with two attached hydrogens (primary N) is 1. The monoisotopic (exact) mass is 264 g/mol. The molecule has 0 aromatic heterocycles. The zero-order chi connectivity index (χ0) is 13.7. The molecule has 0 aliphatic heterocycles. The van der Waals surface area contributed by atoms with Gasteiger partial charge in [-0.2, -0.15) is 0 Å². The molecule has 0 bridgehead atoms. The second-order valence-corrected chi connectivity index (χ2v) is 5.54. The normalized spacial score (nSPS) is 23.1. The van der Waals surface area contributed by atoms with Crippen LogP contribution in [0.5, 0.6) is 11.5 Å². The fourth-order valence-electron chi connectivity index (χ4n) is 2.99. The fraction of sp³-hybridized carbons (Fsp3) is 0.625. The highest BCUT2D eigenvalue weighted by Crippen LogP contribution is 2.25. The maximum absolute atomic E-state index is 5.45. The van der Waals surface area contributed by atoms with Crippen molar-refractivity contribution >= 4 is 0 Å². The summed E-state index contributed by atoms with van der Waals surface area (Å²) in [5.41, 5.74) is 1.25. The molecular weight excluding hydrogens is 238 g/mol. The van der Waals surface area contributed by atoms with Gasteiger partial charge in [-0.05, 0) is 31.4 Å². The Balaban J connectivity index is 1.98. The van der Waals surface area contributed by atoms with Crippen LogP contribution in [-0.2, 0) is 6.54 Å².